The van der Waals surface area contributed by atoms with Gasteiger partial charge in [-0.05, 0) is 30.7 Å². The predicted molar refractivity (Wildman–Crippen MR) is 128 cm³/mol. The zero-order chi connectivity index (χ0) is 27.0. The van der Waals surface area contributed by atoms with Gasteiger partial charge >= 0.3 is 11.9 Å². The number of phenolic OH excluding ortho intramolecular Hbond substituents is 3. The van der Waals surface area contributed by atoms with Crippen LogP contribution in [0.15, 0.2) is 45.6 Å². The lowest BCUT2D eigenvalue weighted by molar-refractivity contribution is -0.199. The van der Waals surface area contributed by atoms with E-state index in [0.29, 0.717) is 5.56 Å². The van der Waals surface area contributed by atoms with Crippen molar-refractivity contribution >= 4 is 22.9 Å². The largest absolute Gasteiger partial charge is 0.508 e. The first-order valence-electron chi connectivity index (χ1n) is 11.5. The number of carbonyl (C=O) groups excluding carboxylic acids is 2. The van der Waals surface area contributed by atoms with Gasteiger partial charge in [-0.25, -0.2) is 0 Å². The predicted octanol–water partition coefficient (Wildman–Crippen LogP) is 2.59. The molecule has 0 bridgehead atoms. The Balaban J connectivity index is 1.83. The number of hydrogen-bond donors (Lipinski definition) is 4. The Morgan fingerprint density at radius 2 is 1.57 bits per heavy atom. The van der Waals surface area contributed by atoms with Crippen molar-refractivity contribution in [3.8, 4) is 34.3 Å². The Labute approximate surface area is 210 Å². The van der Waals surface area contributed by atoms with E-state index in [2.05, 4.69) is 0 Å². The maximum Gasteiger partial charge on any atom is 0.303 e. The van der Waals surface area contributed by atoms with Crippen LogP contribution in [-0.2, 0) is 19.1 Å². The summed E-state index contributed by atoms with van der Waals surface area (Å²) in [6.45, 7) is 4.05. The summed E-state index contributed by atoms with van der Waals surface area (Å²) in [5.41, 5.74) is -0.585. The van der Waals surface area contributed by atoms with E-state index in [9.17, 15) is 34.8 Å². The van der Waals surface area contributed by atoms with Crippen LogP contribution in [-0.4, -0.2) is 56.8 Å². The minimum Gasteiger partial charge on any atom is -0.508 e. The zero-order valence-electron chi connectivity index (χ0n) is 20.2. The van der Waals surface area contributed by atoms with Gasteiger partial charge in [0, 0.05) is 37.5 Å². The van der Waals surface area contributed by atoms with Crippen LogP contribution in [0.3, 0.4) is 0 Å². The average molecular weight is 514 g/mol. The molecule has 196 valence electrons. The van der Waals surface area contributed by atoms with E-state index in [4.69, 9.17) is 18.6 Å². The number of aliphatic hydroxyl groups is 1. The second-order valence-corrected chi connectivity index (χ2v) is 8.98. The van der Waals surface area contributed by atoms with E-state index in [0.717, 1.165) is 19.1 Å². The van der Waals surface area contributed by atoms with E-state index in [-0.39, 0.29) is 40.4 Å². The lowest BCUT2D eigenvalue weighted by Crippen LogP contribution is -2.57. The van der Waals surface area contributed by atoms with E-state index < -0.39 is 53.5 Å². The van der Waals surface area contributed by atoms with E-state index in [1.54, 1.807) is 6.92 Å². The third kappa shape index (κ3) is 5.17. The number of phenols is 3. The zero-order valence-corrected chi connectivity index (χ0v) is 20.2. The van der Waals surface area contributed by atoms with Crippen LogP contribution in [0, 0.1) is 5.92 Å². The minimum atomic E-state index is -1.50. The van der Waals surface area contributed by atoms with Gasteiger partial charge in [0.1, 0.15) is 46.5 Å². The fourth-order valence-corrected chi connectivity index (χ4v) is 4.52. The summed E-state index contributed by atoms with van der Waals surface area (Å²) in [6, 6.07) is 7.78. The lowest BCUT2D eigenvalue weighted by atomic mass is 9.81. The number of aromatic hydroxyl groups is 3. The van der Waals surface area contributed by atoms with Crippen LogP contribution in [0.2, 0.25) is 0 Å². The summed E-state index contributed by atoms with van der Waals surface area (Å²) in [7, 11) is 0. The molecule has 1 aromatic heterocycles. The topological polar surface area (TPSA) is 173 Å². The maximum atomic E-state index is 13.5. The number of hydrogen-bond acceptors (Lipinski definition) is 11. The Kier molecular flexibility index (Phi) is 6.99. The van der Waals surface area contributed by atoms with Crippen LogP contribution in [0.4, 0.5) is 0 Å². The fraction of sp³-hybridized carbons (Fsp3) is 0.346. The van der Waals surface area contributed by atoms with Crippen LogP contribution in [0.25, 0.3) is 22.3 Å². The van der Waals surface area contributed by atoms with Gasteiger partial charge < -0.3 is 39.1 Å². The van der Waals surface area contributed by atoms with Crippen LogP contribution in [0.1, 0.15) is 27.2 Å². The highest BCUT2D eigenvalue weighted by molar-refractivity contribution is 5.88. The molecule has 4 rings (SSSR count). The first-order valence-corrected chi connectivity index (χ1v) is 11.5. The third-order valence-corrected chi connectivity index (χ3v) is 6.13. The van der Waals surface area contributed by atoms with Gasteiger partial charge in [0.15, 0.2) is 11.9 Å². The molecule has 37 heavy (non-hydrogen) atoms. The molecule has 0 spiro atoms. The van der Waals surface area contributed by atoms with Crippen molar-refractivity contribution in [1.29, 1.82) is 0 Å². The summed E-state index contributed by atoms with van der Waals surface area (Å²) in [5, 5.41) is 40.8. The standard InChI is InChI=1S/C26H26O11/c1-11-8-19(21(32)25(35-13(3)28)23(11)34-12(2)27)37-26-22(33)20-17(31)9-16(30)10-18(20)36-24(26)14-4-6-15(29)7-5-14/h4-7,9-11,19,21,23,25,29-32H,8H2,1-3H3/t11-,19-,21+,23+,25+/m1/s1. The minimum absolute atomic E-state index is 0.0399. The van der Waals surface area contributed by atoms with E-state index >= 15 is 0 Å². The molecule has 0 saturated heterocycles. The van der Waals surface area contributed by atoms with Crippen molar-refractivity contribution in [3.05, 3.63) is 46.6 Å². The van der Waals surface area contributed by atoms with Crippen LogP contribution < -0.4 is 10.2 Å². The maximum absolute atomic E-state index is 13.5. The molecule has 0 aliphatic heterocycles. The molecule has 11 heteroatoms. The second kappa shape index (κ2) is 10.0. The SMILES string of the molecule is CC(=O)O[C@@H]1[C@@H](OC(C)=O)[C@@H](O)[C@H](Oc2c(-c3ccc(O)cc3)oc3cc(O)cc(O)c3c2=O)C[C@H]1C. The number of fused-ring (bicyclic) bond motifs is 1. The first-order chi connectivity index (χ1) is 17.5. The quantitative estimate of drug-likeness (QED) is 0.369. The van der Waals surface area contributed by atoms with Gasteiger partial charge in [0.25, 0.3) is 0 Å². The van der Waals surface area contributed by atoms with E-state index in [1.807, 2.05) is 0 Å². The monoisotopic (exact) mass is 514 g/mol. The molecule has 11 nitrogen and oxygen atoms in total. The molecular formula is C26H26O11. The Bertz CT molecular complexity index is 1390. The van der Waals surface area contributed by atoms with Gasteiger partial charge in [-0.15, -0.1) is 0 Å². The molecule has 0 radical (unpaired) electrons. The highest BCUT2D eigenvalue weighted by Crippen LogP contribution is 2.39. The molecule has 0 amide bonds. The first kappa shape index (κ1) is 25.8. The summed E-state index contributed by atoms with van der Waals surface area (Å²) in [6.07, 6.45) is -4.73. The Morgan fingerprint density at radius 3 is 2.19 bits per heavy atom. The molecule has 1 aliphatic rings. The number of rotatable bonds is 5. The second-order valence-electron chi connectivity index (χ2n) is 8.98. The molecule has 1 saturated carbocycles. The van der Waals surface area contributed by atoms with Crippen molar-refractivity contribution in [2.24, 2.45) is 5.92 Å². The van der Waals surface area contributed by atoms with Crippen molar-refractivity contribution in [2.45, 2.75) is 51.6 Å². The van der Waals surface area contributed by atoms with Gasteiger partial charge in [0.05, 0.1) is 0 Å². The van der Waals surface area contributed by atoms with Crippen LogP contribution in [0.5, 0.6) is 23.0 Å². The summed E-state index contributed by atoms with van der Waals surface area (Å²) >= 11 is 0. The molecule has 1 fully saturated rings. The molecule has 5 atom stereocenters. The van der Waals surface area contributed by atoms with Gasteiger partial charge in [-0.2, -0.15) is 0 Å². The Hall–Kier alpha value is -4.25. The number of benzene rings is 2. The summed E-state index contributed by atoms with van der Waals surface area (Å²) in [4.78, 5) is 36.9. The number of carbonyl (C=O) groups is 2. The van der Waals surface area contributed by atoms with Crippen LogP contribution >= 0.6 is 0 Å². The van der Waals surface area contributed by atoms with Crippen molar-refractivity contribution in [1.82, 2.24) is 0 Å². The van der Waals surface area contributed by atoms with Gasteiger partial charge in [-0.1, -0.05) is 6.92 Å². The lowest BCUT2D eigenvalue weighted by Gasteiger charge is -2.42. The summed E-state index contributed by atoms with van der Waals surface area (Å²) < 4.78 is 22.5. The average Bonchev–Trinajstić information content (AvgIpc) is 2.80. The Morgan fingerprint density at radius 1 is 0.946 bits per heavy atom. The fourth-order valence-electron chi connectivity index (χ4n) is 4.52. The molecule has 1 aliphatic carbocycles. The molecule has 3 aromatic rings. The van der Waals surface area contributed by atoms with Gasteiger partial charge in [0.2, 0.25) is 11.2 Å². The molecule has 0 unspecified atom stereocenters. The highest BCUT2D eigenvalue weighted by atomic mass is 16.6. The van der Waals surface area contributed by atoms with Crippen molar-refractivity contribution < 1.29 is 48.6 Å². The molecule has 1 heterocycles. The van der Waals surface area contributed by atoms with Gasteiger partial charge in [-0.3, -0.25) is 14.4 Å². The smallest absolute Gasteiger partial charge is 0.303 e. The third-order valence-electron chi connectivity index (χ3n) is 6.13. The summed E-state index contributed by atoms with van der Waals surface area (Å²) in [5.74, 6) is -3.15. The van der Waals surface area contributed by atoms with E-state index in [1.165, 1.54) is 31.2 Å². The van der Waals surface area contributed by atoms with Crippen molar-refractivity contribution in [2.75, 3.05) is 0 Å². The molecular weight excluding hydrogens is 488 g/mol. The molecule has 2 aromatic carbocycles. The number of ether oxygens (including phenoxy) is 3. The highest BCUT2D eigenvalue weighted by Gasteiger charge is 2.48. The number of aliphatic hydroxyl groups excluding tert-OH is 1. The molecule has 4 N–H and O–H groups in total. The normalized spacial score (nSPS) is 23.4. The van der Waals surface area contributed by atoms with Crippen molar-refractivity contribution in [3.63, 3.8) is 0 Å². The number of esters is 2.